The van der Waals surface area contributed by atoms with E-state index >= 15 is 0 Å². The second kappa shape index (κ2) is 11.5. The first-order valence-corrected chi connectivity index (χ1v) is 10.8. The van der Waals surface area contributed by atoms with E-state index in [-0.39, 0.29) is 5.91 Å². The molecule has 6 nitrogen and oxygen atoms in total. The van der Waals surface area contributed by atoms with Gasteiger partial charge in [0.1, 0.15) is 6.61 Å². The van der Waals surface area contributed by atoms with Crippen molar-refractivity contribution in [2.24, 2.45) is 0 Å². The molecule has 0 radical (unpaired) electrons. The smallest absolute Gasteiger partial charge is 0.253 e. The fraction of sp³-hybridized carbons (Fsp3) is 0.269. The van der Waals surface area contributed by atoms with Gasteiger partial charge in [0, 0.05) is 24.2 Å². The summed E-state index contributed by atoms with van der Waals surface area (Å²) in [5.41, 5.74) is 2.56. The molecule has 0 heterocycles. The van der Waals surface area contributed by atoms with Crippen LogP contribution in [0, 0.1) is 0 Å². The number of halogens is 1. The predicted molar refractivity (Wildman–Crippen MR) is 129 cm³/mol. The fourth-order valence-corrected chi connectivity index (χ4v) is 3.44. The van der Waals surface area contributed by atoms with Crippen LogP contribution in [0.5, 0.6) is 23.0 Å². The van der Waals surface area contributed by atoms with Crippen molar-refractivity contribution in [2.75, 3.05) is 34.9 Å². The first-order valence-electron chi connectivity index (χ1n) is 10.5. The number of hydrogen-bond donors (Lipinski definition) is 0. The standard InChI is InChI=1S/C26H28ClNO5/c1-28(14-13-18-7-11-22(30-2)24(15-18)31-3)26(29)20-8-12-23(25(16-20)32-4)33-17-19-5-9-21(27)10-6-19/h5-12,15-16H,13-14,17H2,1-4H3. The highest BCUT2D eigenvalue weighted by atomic mass is 35.5. The van der Waals surface area contributed by atoms with E-state index in [0.717, 1.165) is 11.1 Å². The van der Waals surface area contributed by atoms with Crippen molar-refractivity contribution in [3.8, 4) is 23.0 Å². The molecule has 3 rings (SSSR count). The number of ether oxygens (including phenoxy) is 4. The zero-order valence-corrected chi connectivity index (χ0v) is 20.0. The lowest BCUT2D eigenvalue weighted by molar-refractivity contribution is 0.0796. The lowest BCUT2D eigenvalue weighted by atomic mass is 10.1. The predicted octanol–water partition coefficient (Wildman–Crippen LogP) is 5.26. The average molecular weight is 470 g/mol. The van der Waals surface area contributed by atoms with Gasteiger partial charge in [-0.3, -0.25) is 4.79 Å². The second-order valence-electron chi connectivity index (χ2n) is 7.45. The minimum atomic E-state index is -0.0990. The quantitative estimate of drug-likeness (QED) is 0.405. The van der Waals surface area contributed by atoms with E-state index in [0.29, 0.717) is 53.2 Å². The molecule has 1 amide bonds. The largest absolute Gasteiger partial charge is 0.493 e. The summed E-state index contributed by atoms with van der Waals surface area (Å²) in [4.78, 5) is 14.6. The zero-order valence-electron chi connectivity index (χ0n) is 19.3. The number of rotatable bonds is 10. The second-order valence-corrected chi connectivity index (χ2v) is 7.88. The molecule has 7 heteroatoms. The van der Waals surface area contributed by atoms with Crippen molar-refractivity contribution >= 4 is 17.5 Å². The molecule has 33 heavy (non-hydrogen) atoms. The van der Waals surface area contributed by atoms with Crippen molar-refractivity contribution in [3.63, 3.8) is 0 Å². The molecule has 0 atom stereocenters. The van der Waals surface area contributed by atoms with E-state index in [1.807, 2.05) is 42.5 Å². The van der Waals surface area contributed by atoms with Crippen LogP contribution in [0.4, 0.5) is 0 Å². The van der Waals surface area contributed by atoms with Gasteiger partial charge in [0.05, 0.1) is 21.3 Å². The number of methoxy groups -OCH3 is 3. The number of benzene rings is 3. The number of likely N-dealkylation sites (N-methyl/N-ethyl adjacent to an activating group) is 1. The third-order valence-corrected chi connectivity index (χ3v) is 5.50. The van der Waals surface area contributed by atoms with Gasteiger partial charge in [0.25, 0.3) is 5.91 Å². The van der Waals surface area contributed by atoms with Gasteiger partial charge >= 0.3 is 0 Å². The number of amides is 1. The number of carbonyl (C=O) groups excluding carboxylic acids is 1. The van der Waals surface area contributed by atoms with Gasteiger partial charge < -0.3 is 23.8 Å². The highest BCUT2D eigenvalue weighted by molar-refractivity contribution is 6.30. The summed E-state index contributed by atoms with van der Waals surface area (Å²) in [6.45, 7) is 0.914. The normalized spacial score (nSPS) is 10.5. The third-order valence-electron chi connectivity index (χ3n) is 5.25. The molecule has 0 fully saturated rings. The lowest BCUT2D eigenvalue weighted by Crippen LogP contribution is -2.28. The summed E-state index contributed by atoms with van der Waals surface area (Å²) in [6, 6.07) is 18.4. The fourth-order valence-electron chi connectivity index (χ4n) is 3.32. The molecule has 0 aliphatic carbocycles. The monoisotopic (exact) mass is 469 g/mol. The summed E-state index contributed by atoms with van der Waals surface area (Å²) in [5, 5.41) is 0.675. The van der Waals surface area contributed by atoms with Crippen LogP contribution in [-0.2, 0) is 13.0 Å². The number of hydrogen-bond acceptors (Lipinski definition) is 5. The Morgan fingerprint density at radius 3 is 2.06 bits per heavy atom. The molecular weight excluding hydrogens is 442 g/mol. The van der Waals surface area contributed by atoms with Gasteiger partial charge in [-0.25, -0.2) is 0 Å². The highest BCUT2D eigenvalue weighted by Gasteiger charge is 2.16. The summed E-state index contributed by atoms with van der Waals surface area (Å²) in [7, 11) is 6.54. The Morgan fingerprint density at radius 1 is 0.788 bits per heavy atom. The molecule has 0 saturated carbocycles. The maximum Gasteiger partial charge on any atom is 0.253 e. The minimum absolute atomic E-state index is 0.0990. The van der Waals surface area contributed by atoms with E-state index in [9.17, 15) is 4.79 Å². The molecule has 0 aliphatic rings. The maximum absolute atomic E-state index is 13.0. The van der Waals surface area contributed by atoms with Gasteiger partial charge in [-0.05, 0) is 60.0 Å². The molecule has 0 unspecified atom stereocenters. The molecule has 0 N–H and O–H groups in total. The van der Waals surface area contributed by atoms with Crippen LogP contribution in [0.25, 0.3) is 0 Å². The van der Waals surface area contributed by atoms with Crippen molar-refractivity contribution in [1.29, 1.82) is 0 Å². The molecule has 0 aromatic heterocycles. The van der Waals surface area contributed by atoms with E-state index in [1.165, 1.54) is 0 Å². The van der Waals surface area contributed by atoms with Gasteiger partial charge in [-0.1, -0.05) is 29.8 Å². The van der Waals surface area contributed by atoms with Crippen LogP contribution in [0.15, 0.2) is 60.7 Å². The van der Waals surface area contributed by atoms with Gasteiger partial charge in [0.2, 0.25) is 0 Å². The molecule has 0 spiro atoms. The van der Waals surface area contributed by atoms with Gasteiger partial charge in [-0.15, -0.1) is 0 Å². The van der Waals surface area contributed by atoms with Crippen molar-refractivity contribution < 1.29 is 23.7 Å². The van der Waals surface area contributed by atoms with E-state index < -0.39 is 0 Å². The summed E-state index contributed by atoms with van der Waals surface area (Å²) in [6.07, 6.45) is 0.683. The van der Waals surface area contributed by atoms with Crippen molar-refractivity contribution in [1.82, 2.24) is 4.90 Å². The van der Waals surface area contributed by atoms with E-state index in [1.54, 1.807) is 51.5 Å². The van der Waals surface area contributed by atoms with Crippen molar-refractivity contribution in [2.45, 2.75) is 13.0 Å². The lowest BCUT2D eigenvalue weighted by Gasteiger charge is -2.19. The van der Waals surface area contributed by atoms with Crippen LogP contribution in [0.3, 0.4) is 0 Å². The molecule has 3 aromatic carbocycles. The first kappa shape index (κ1) is 24.3. The van der Waals surface area contributed by atoms with Crippen molar-refractivity contribution in [3.05, 3.63) is 82.4 Å². The molecule has 3 aromatic rings. The van der Waals surface area contributed by atoms with E-state index in [4.69, 9.17) is 30.5 Å². The number of nitrogens with zero attached hydrogens (tertiary/aromatic N) is 1. The third kappa shape index (κ3) is 6.33. The van der Waals surface area contributed by atoms with E-state index in [2.05, 4.69) is 0 Å². The molecular formula is C26H28ClNO5. The molecule has 174 valence electrons. The summed E-state index contributed by atoms with van der Waals surface area (Å²) in [5.74, 6) is 2.32. The summed E-state index contributed by atoms with van der Waals surface area (Å²) >= 11 is 5.92. The topological polar surface area (TPSA) is 57.2 Å². The Kier molecular flexibility index (Phi) is 8.44. The molecule has 0 saturated heterocycles. The maximum atomic E-state index is 13.0. The number of carbonyl (C=O) groups is 1. The SMILES string of the molecule is COc1ccc(CCN(C)C(=O)c2ccc(OCc3ccc(Cl)cc3)c(OC)c2)cc1OC. The minimum Gasteiger partial charge on any atom is -0.493 e. The van der Waals surface area contributed by atoms with Crippen LogP contribution in [0.2, 0.25) is 5.02 Å². The molecule has 0 aliphatic heterocycles. The van der Waals surface area contributed by atoms with Crippen LogP contribution < -0.4 is 18.9 Å². The summed E-state index contributed by atoms with van der Waals surface area (Å²) < 4.78 is 22.0. The first-order chi connectivity index (χ1) is 15.9. The Morgan fingerprint density at radius 2 is 1.39 bits per heavy atom. The Hall–Kier alpha value is -3.38. The van der Waals surface area contributed by atoms with Crippen LogP contribution in [-0.4, -0.2) is 45.7 Å². The Bertz CT molecular complexity index is 1080. The zero-order chi connectivity index (χ0) is 23.8. The average Bonchev–Trinajstić information content (AvgIpc) is 2.86. The Balaban J connectivity index is 1.63. The van der Waals surface area contributed by atoms with Crippen LogP contribution >= 0.6 is 11.6 Å². The van der Waals surface area contributed by atoms with Gasteiger partial charge in [0.15, 0.2) is 23.0 Å². The van der Waals surface area contributed by atoms with Gasteiger partial charge in [-0.2, -0.15) is 0 Å². The Labute approximate surface area is 199 Å². The highest BCUT2D eigenvalue weighted by Crippen LogP contribution is 2.30. The molecule has 0 bridgehead atoms. The van der Waals surface area contributed by atoms with Crippen LogP contribution in [0.1, 0.15) is 21.5 Å².